The van der Waals surface area contributed by atoms with Crippen molar-refractivity contribution in [3.63, 3.8) is 0 Å². The van der Waals surface area contributed by atoms with Crippen molar-refractivity contribution in [2.75, 3.05) is 6.61 Å². The van der Waals surface area contributed by atoms with Crippen LogP contribution in [0.25, 0.3) is 0 Å². The van der Waals surface area contributed by atoms with E-state index in [0.29, 0.717) is 5.56 Å². The van der Waals surface area contributed by atoms with Crippen LogP contribution in [0.4, 0.5) is 0 Å². The molecule has 0 unspecified atom stereocenters. The number of nitrogens with one attached hydrogen (secondary N) is 2. The molecule has 11 nitrogen and oxygen atoms in total. The minimum absolute atomic E-state index is 0.0506. The number of phenols is 1. The summed E-state index contributed by atoms with van der Waals surface area (Å²) in [6, 6.07) is 1.98. The van der Waals surface area contributed by atoms with Crippen molar-refractivity contribution in [2.24, 2.45) is 5.73 Å². The third-order valence-electron chi connectivity index (χ3n) is 3.81. The molecule has 1 rings (SSSR count). The maximum Gasteiger partial charge on any atom is 0.326 e. The van der Waals surface area contributed by atoms with Gasteiger partial charge in [-0.1, -0.05) is 12.1 Å². The Kier molecular flexibility index (Phi) is 8.85. The van der Waals surface area contributed by atoms with Crippen molar-refractivity contribution in [2.45, 2.75) is 37.4 Å². The van der Waals surface area contributed by atoms with Crippen LogP contribution in [0.5, 0.6) is 5.75 Å². The number of amides is 2. The molecule has 3 atom stereocenters. The van der Waals surface area contributed by atoms with Crippen LogP contribution in [-0.2, 0) is 25.6 Å². The van der Waals surface area contributed by atoms with Crippen LogP contribution in [0.3, 0.4) is 0 Å². The predicted molar refractivity (Wildman–Crippen MR) is 95.2 cm³/mol. The molecule has 0 aliphatic heterocycles. The summed E-state index contributed by atoms with van der Waals surface area (Å²) in [7, 11) is 0. The summed E-state index contributed by atoms with van der Waals surface area (Å²) in [5.74, 6) is -4.35. The molecule has 0 spiro atoms. The molecule has 154 valence electrons. The predicted octanol–water partition coefficient (Wildman–Crippen LogP) is -1.83. The Balaban J connectivity index is 2.65. The summed E-state index contributed by atoms with van der Waals surface area (Å²) < 4.78 is 0. The Morgan fingerprint density at radius 3 is 2.04 bits per heavy atom. The van der Waals surface area contributed by atoms with E-state index in [9.17, 15) is 29.4 Å². The van der Waals surface area contributed by atoms with Crippen molar-refractivity contribution in [3.05, 3.63) is 29.8 Å². The van der Waals surface area contributed by atoms with E-state index in [1.165, 1.54) is 12.1 Å². The highest BCUT2D eigenvalue weighted by Gasteiger charge is 2.27. The smallest absolute Gasteiger partial charge is 0.326 e. The molecular weight excluding hydrogens is 374 g/mol. The number of aliphatic hydroxyl groups is 1. The quantitative estimate of drug-likeness (QED) is 0.224. The number of carboxylic acid groups (broad SMARTS) is 2. The van der Waals surface area contributed by atoms with Gasteiger partial charge in [0, 0.05) is 6.42 Å². The van der Waals surface area contributed by atoms with Gasteiger partial charge in [0.2, 0.25) is 11.8 Å². The number of nitrogens with two attached hydrogens (primary N) is 1. The van der Waals surface area contributed by atoms with E-state index < -0.39 is 54.9 Å². The Hall–Kier alpha value is -3.18. The molecule has 8 N–H and O–H groups in total. The van der Waals surface area contributed by atoms with Gasteiger partial charge in [0.25, 0.3) is 0 Å². The third-order valence-corrected chi connectivity index (χ3v) is 3.81. The molecule has 0 bridgehead atoms. The largest absolute Gasteiger partial charge is 0.508 e. The van der Waals surface area contributed by atoms with Gasteiger partial charge >= 0.3 is 11.9 Å². The zero-order valence-corrected chi connectivity index (χ0v) is 14.9. The van der Waals surface area contributed by atoms with Gasteiger partial charge in [0.15, 0.2) is 0 Å². The van der Waals surface area contributed by atoms with Gasteiger partial charge in [-0.3, -0.25) is 14.4 Å². The van der Waals surface area contributed by atoms with Crippen LogP contribution in [0.15, 0.2) is 24.3 Å². The van der Waals surface area contributed by atoms with Crippen molar-refractivity contribution < 1.29 is 39.6 Å². The zero-order chi connectivity index (χ0) is 21.3. The van der Waals surface area contributed by atoms with Crippen LogP contribution in [0.2, 0.25) is 0 Å². The molecule has 0 heterocycles. The van der Waals surface area contributed by atoms with Crippen molar-refractivity contribution in [1.82, 2.24) is 10.6 Å². The average molecular weight is 397 g/mol. The summed E-state index contributed by atoms with van der Waals surface area (Å²) in [5.41, 5.74) is 6.43. The number of phenolic OH excluding ortho intramolecular Hbond substituents is 1. The summed E-state index contributed by atoms with van der Waals surface area (Å²) in [6.07, 6.45) is -0.740. The van der Waals surface area contributed by atoms with Crippen LogP contribution in [0.1, 0.15) is 18.4 Å². The van der Waals surface area contributed by atoms with Crippen LogP contribution < -0.4 is 16.4 Å². The lowest BCUT2D eigenvalue weighted by Gasteiger charge is -2.21. The number of carbonyl (C=O) groups is 4. The SMILES string of the molecule is N[C@@H](Cc1ccc(O)cc1)C(=O)N[C@@H](CO)C(=O)N[C@@H](CCC(=O)O)C(=O)O. The topological polar surface area (TPSA) is 199 Å². The normalized spacial score (nSPS) is 13.8. The van der Waals surface area contributed by atoms with Gasteiger partial charge < -0.3 is 36.8 Å². The molecule has 0 fully saturated rings. The highest BCUT2D eigenvalue weighted by atomic mass is 16.4. The fraction of sp³-hybridized carbons (Fsp3) is 0.412. The average Bonchev–Trinajstić information content (AvgIpc) is 2.63. The molecule has 0 aliphatic carbocycles. The lowest BCUT2D eigenvalue weighted by atomic mass is 10.1. The second kappa shape index (κ2) is 10.8. The molecular formula is C17H23N3O8. The van der Waals surface area contributed by atoms with Crippen molar-refractivity contribution >= 4 is 23.8 Å². The fourth-order valence-electron chi connectivity index (χ4n) is 2.25. The number of rotatable bonds is 11. The van der Waals surface area contributed by atoms with Crippen molar-refractivity contribution in [3.8, 4) is 5.75 Å². The Morgan fingerprint density at radius 2 is 1.54 bits per heavy atom. The Morgan fingerprint density at radius 1 is 0.964 bits per heavy atom. The van der Waals surface area contributed by atoms with Crippen LogP contribution in [0, 0.1) is 0 Å². The molecule has 0 aliphatic rings. The first-order valence-corrected chi connectivity index (χ1v) is 8.33. The van der Waals surface area contributed by atoms with E-state index in [4.69, 9.17) is 15.9 Å². The molecule has 0 saturated heterocycles. The van der Waals surface area contributed by atoms with Gasteiger partial charge in [-0.15, -0.1) is 0 Å². The summed E-state index contributed by atoms with van der Waals surface area (Å²) >= 11 is 0. The maximum absolute atomic E-state index is 12.2. The molecule has 1 aromatic carbocycles. The number of aromatic hydroxyl groups is 1. The Labute approximate surface area is 160 Å². The summed E-state index contributed by atoms with van der Waals surface area (Å²) in [4.78, 5) is 46.0. The molecule has 11 heteroatoms. The molecule has 0 aromatic heterocycles. The summed E-state index contributed by atoms with van der Waals surface area (Å²) in [5, 5.41) is 40.5. The number of aliphatic carboxylic acids is 2. The van der Waals surface area contributed by atoms with Gasteiger partial charge in [0.05, 0.1) is 12.6 Å². The Bertz CT molecular complexity index is 707. The zero-order valence-electron chi connectivity index (χ0n) is 14.9. The van der Waals surface area contributed by atoms with Crippen LogP contribution >= 0.6 is 0 Å². The first-order valence-electron chi connectivity index (χ1n) is 8.33. The van der Waals surface area contributed by atoms with E-state index in [1.54, 1.807) is 12.1 Å². The molecule has 28 heavy (non-hydrogen) atoms. The van der Waals surface area contributed by atoms with Gasteiger partial charge in [-0.2, -0.15) is 0 Å². The van der Waals surface area contributed by atoms with E-state index in [1.807, 2.05) is 0 Å². The van der Waals surface area contributed by atoms with E-state index in [2.05, 4.69) is 10.6 Å². The number of carbonyl (C=O) groups excluding carboxylic acids is 2. The number of carboxylic acids is 2. The second-order valence-corrected chi connectivity index (χ2v) is 6.05. The standard InChI is InChI=1S/C17H23N3O8/c18-11(7-9-1-3-10(22)4-2-9)15(25)20-13(8-21)16(26)19-12(17(27)28)5-6-14(23)24/h1-4,11-13,21-22H,5-8,18H2,(H,19,26)(H,20,25)(H,23,24)(H,27,28)/t11-,12-,13-/m0/s1. The van der Waals surface area contributed by atoms with Crippen molar-refractivity contribution in [1.29, 1.82) is 0 Å². The first-order chi connectivity index (χ1) is 13.1. The van der Waals surface area contributed by atoms with Gasteiger partial charge in [-0.25, -0.2) is 4.79 Å². The fourth-order valence-corrected chi connectivity index (χ4v) is 2.25. The monoisotopic (exact) mass is 397 g/mol. The lowest BCUT2D eigenvalue weighted by molar-refractivity contribution is -0.143. The highest BCUT2D eigenvalue weighted by molar-refractivity contribution is 5.92. The molecule has 2 amide bonds. The highest BCUT2D eigenvalue weighted by Crippen LogP contribution is 2.11. The van der Waals surface area contributed by atoms with Gasteiger partial charge in [-0.05, 0) is 30.5 Å². The van der Waals surface area contributed by atoms with Crippen LogP contribution in [-0.4, -0.2) is 68.9 Å². The van der Waals surface area contributed by atoms with E-state index in [0.717, 1.165) is 0 Å². The van der Waals surface area contributed by atoms with E-state index in [-0.39, 0.29) is 18.6 Å². The minimum atomic E-state index is -1.49. The lowest BCUT2D eigenvalue weighted by Crippen LogP contribution is -2.56. The maximum atomic E-state index is 12.2. The second-order valence-electron chi connectivity index (χ2n) is 6.05. The first kappa shape index (κ1) is 22.9. The molecule has 0 saturated carbocycles. The number of benzene rings is 1. The number of hydrogen-bond donors (Lipinski definition) is 7. The molecule has 0 radical (unpaired) electrons. The third kappa shape index (κ3) is 7.60. The van der Waals surface area contributed by atoms with Gasteiger partial charge in [0.1, 0.15) is 17.8 Å². The van der Waals surface area contributed by atoms with E-state index >= 15 is 0 Å². The minimum Gasteiger partial charge on any atom is -0.508 e. The summed E-state index contributed by atoms with van der Waals surface area (Å²) in [6.45, 7) is -0.811. The molecule has 1 aromatic rings. The number of aliphatic hydroxyl groups excluding tert-OH is 1. The number of hydrogen-bond acceptors (Lipinski definition) is 7.